The monoisotopic (exact) mass is 463 g/mol. The average Bonchev–Trinajstić information content (AvgIpc) is 3.39. The van der Waals surface area contributed by atoms with Gasteiger partial charge in [0.25, 0.3) is 0 Å². The number of rotatable bonds is 7. The lowest BCUT2D eigenvalue weighted by Gasteiger charge is -2.14. The standard InChI is InChI=1S/C24H21N3O5S/c1-15-5-7-17(8-6-15)25-20(28)12-21-26-18(14-33-21)13-32-24(31)16-3-2-4-19(11-16)27-22(29)9-10-23(27)30/h2-8,11,14H,9-10,12-13H2,1H3,(H,25,28). The first kappa shape index (κ1) is 22.3. The van der Waals surface area contributed by atoms with Crippen LogP contribution in [0, 0.1) is 6.92 Å². The van der Waals surface area contributed by atoms with Crippen molar-refractivity contribution in [3.63, 3.8) is 0 Å². The summed E-state index contributed by atoms with van der Waals surface area (Å²) in [5, 5.41) is 5.17. The largest absolute Gasteiger partial charge is 0.456 e. The van der Waals surface area contributed by atoms with E-state index in [1.807, 2.05) is 31.2 Å². The molecule has 33 heavy (non-hydrogen) atoms. The summed E-state index contributed by atoms with van der Waals surface area (Å²) in [6.07, 6.45) is 0.456. The van der Waals surface area contributed by atoms with Gasteiger partial charge in [-0.2, -0.15) is 0 Å². The Bertz CT molecular complexity index is 1200. The number of nitrogens with zero attached hydrogens (tertiary/aromatic N) is 2. The van der Waals surface area contributed by atoms with Gasteiger partial charge in [0.2, 0.25) is 17.7 Å². The number of anilines is 2. The Balaban J connectivity index is 1.32. The topological polar surface area (TPSA) is 106 Å². The molecule has 1 N–H and O–H groups in total. The van der Waals surface area contributed by atoms with Crippen molar-refractivity contribution in [2.75, 3.05) is 10.2 Å². The first-order valence-corrected chi connectivity index (χ1v) is 11.2. The van der Waals surface area contributed by atoms with Gasteiger partial charge in [-0.3, -0.25) is 19.3 Å². The molecule has 2 heterocycles. The Morgan fingerprint density at radius 2 is 1.82 bits per heavy atom. The van der Waals surface area contributed by atoms with Crippen LogP contribution in [0.15, 0.2) is 53.9 Å². The van der Waals surface area contributed by atoms with Crippen molar-refractivity contribution in [1.29, 1.82) is 0 Å². The van der Waals surface area contributed by atoms with Gasteiger partial charge in [0.15, 0.2) is 0 Å². The molecule has 0 atom stereocenters. The fraction of sp³-hybridized carbons (Fsp3) is 0.208. The van der Waals surface area contributed by atoms with Crippen LogP contribution in [0.25, 0.3) is 0 Å². The molecule has 2 aromatic carbocycles. The molecule has 3 amide bonds. The average molecular weight is 464 g/mol. The molecule has 0 aliphatic carbocycles. The van der Waals surface area contributed by atoms with E-state index < -0.39 is 5.97 Å². The van der Waals surface area contributed by atoms with Gasteiger partial charge >= 0.3 is 5.97 Å². The molecule has 1 aliphatic heterocycles. The van der Waals surface area contributed by atoms with Crippen molar-refractivity contribution in [2.45, 2.75) is 32.8 Å². The number of carbonyl (C=O) groups is 4. The number of hydrogen-bond donors (Lipinski definition) is 1. The first-order chi connectivity index (χ1) is 15.9. The van der Waals surface area contributed by atoms with E-state index in [4.69, 9.17) is 4.74 Å². The Kier molecular flexibility index (Phi) is 6.60. The maximum atomic E-state index is 12.5. The highest BCUT2D eigenvalue weighted by atomic mass is 32.1. The molecule has 0 unspecified atom stereocenters. The van der Waals surface area contributed by atoms with Gasteiger partial charge in [0.05, 0.1) is 23.4 Å². The van der Waals surface area contributed by atoms with Crippen LogP contribution in [0.2, 0.25) is 0 Å². The summed E-state index contributed by atoms with van der Waals surface area (Å²) in [5.74, 6) is -1.35. The number of amides is 3. The Morgan fingerprint density at radius 3 is 2.55 bits per heavy atom. The van der Waals surface area contributed by atoms with Crippen LogP contribution in [-0.2, 0) is 32.1 Å². The van der Waals surface area contributed by atoms with Gasteiger partial charge in [-0.15, -0.1) is 11.3 Å². The number of esters is 1. The third kappa shape index (κ3) is 5.50. The van der Waals surface area contributed by atoms with Crippen molar-refractivity contribution in [3.05, 3.63) is 75.7 Å². The zero-order valence-corrected chi connectivity index (χ0v) is 18.7. The molecular weight excluding hydrogens is 442 g/mol. The van der Waals surface area contributed by atoms with Crippen LogP contribution < -0.4 is 10.2 Å². The van der Waals surface area contributed by atoms with Crippen LogP contribution in [0.5, 0.6) is 0 Å². The fourth-order valence-electron chi connectivity index (χ4n) is 3.34. The molecule has 4 rings (SSSR count). The normalized spacial score (nSPS) is 13.3. The minimum Gasteiger partial charge on any atom is -0.456 e. The maximum Gasteiger partial charge on any atom is 0.338 e. The highest BCUT2D eigenvalue weighted by Gasteiger charge is 2.30. The van der Waals surface area contributed by atoms with Crippen LogP contribution in [0.4, 0.5) is 11.4 Å². The Hall–Kier alpha value is -3.85. The number of aromatic nitrogens is 1. The van der Waals surface area contributed by atoms with Crippen LogP contribution in [0.1, 0.15) is 39.5 Å². The van der Waals surface area contributed by atoms with Crippen LogP contribution in [-0.4, -0.2) is 28.7 Å². The van der Waals surface area contributed by atoms with E-state index in [2.05, 4.69) is 10.3 Å². The second-order valence-electron chi connectivity index (χ2n) is 7.57. The lowest BCUT2D eigenvalue weighted by Crippen LogP contribution is -2.28. The van der Waals surface area contributed by atoms with Crippen LogP contribution >= 0.6 is 11.3 Å². The number of thiazole rings is 1. The zero-order chi connectivity index (χ0) is 23.4. The number of aryl methyl sites for hydroxylation is 1. The highest BCUT2D eigenvalue weighted by molar-refractivity contribution is 7.09. The number of nitrogens with one attached hydrogen (secondary N) is 1. The first-order valence-electron chi connectivity index (χ1n) is 10.3. The predicted octanol–water partition coefficient (Wildman–Crippen LogP) is 3.64. The maximum absolute atomic E-state index is 12.5. The predicted molar refractivity (Wildman–Crippen MR) is 123 cm³/mol. The summed E-state index contributed by atoms with van der Waals surface area (Å²) >= 11 is 1.31. The molecule has 3 aromatic rings. The van der Waals surface area contributed by atoms with Gasteiger partial charge in [0, 0.05) is 23.9 Å². The van der Waals surface area contributed by atoms with Gasteiger partial charge in [-0.25, -0.2) is 9.78 Å². The lowest BCUT2D eigenvalue weighted by atomic mass is 10.2. The van der Waals surface area contributed by atoms with Crippen molar-refractivity contribution in [1.82, 2.24) is 4.98 Å². The third-order valence-electron chi connectivity index (χ3n) is 4.99. The van der Waals surface area contributed by atoms with Gasteiger partial charge < -0.3 is 10.1 Å². The molecule has 0 spiro atoms. The van der Waals surface area contributed by atoms with Crippen molar-refractivity contribution in [2.24, 2.45) is 0 Å². The number of benzene rings is 2. The summed E-state index contributed by atoms with van der Waals surface area (Å²) in [6, 6.07) is 13.7. The van der Waals surface area contributed by atoms with E-state index in [0.29, 0.717) is 16.4 Å². The number of imide groups is 1. The molecular formula is C24H21N3O5S. The molecule has 1 saturated heterocycles. The van der Waals surface area contributed by atoms with E-state index in [0.717, 1.165) is 16.2 Å². The van der Waals surface area contributed by atoms with E-state index in [1.165, 1.54) is 17.4 Å². The molecule has 0 radical (unpaired) electrons. The molecule has 168 valence electrons. The van der Waals surface area contributed by atoms with E-state index in [-0.39, 0.29) is 49.2 Å². The Morgan fingerprint density at radius 1 is 1.09 bits per heavy atom. The second-order valence-corrected chi connectivity index (χ2v) is 8.52. The van der Waals surface area contributed by atoms with E-state index in [9.17, 15) is 19.2 Å². The highest BCUT2D eigenvalue weighted by Crippen LogP contribution is 2.24. The molecule has 1 aliphatic rings. The summed E-state index contributed by atoms with van der Waals surface area (Å²) in [5.41, 5.74) is 2.95. The summed E-state index contributed by atoms with van der Waals surface area (Å²) in [7, 11) is 0. The van der Waals surface area contributed by atoms with Gasteiger partial charge in [-0.05, 0) is 37.3 Å². The SMILES string of the molecule is Cc1ccc(NC(=O)Cc2nc(COC(=O)c3cccc(N4C(=O)CCC4=O)c3)cs2)cc1. The Labute approximate surface area is 194 Å². The van der Waals surface area contributed by atoms with E-state index >= 15 is 0 Å². The summed E-state index contributed by atoms with van der Waals surface area (Å²) < 4.78 is 5.33. The molecule has 9 heteroatoms. The van der Waals surface area contributed by atoms with E-state index in [1.54, 1.807) is 23.6 Å². The summed E-state index contributed by atoms with van der Waals surface area (Å²) in [6.45, 7) is 1.92. The molecule has 8 nitrogen and oxygen atoms in total. The minimum atomic E-state index is -0.595. The number of ether oxygens (including phenoxy) is 1. The van der Waals surface area contributed by atoms with Gasteiger partial charge in [-0.1, -0.05) is 23.8 Å². The lowest BCUT2D eigenvalue weighted by molar-refractivity contribution is -0.121. The number of carbonyl (C=O) groups excluding carboxylic acids is 4. The smallest absolute Gasteiger partial charge is 0.338 e. The van der Waals surface area contributed by atoms with Crippen LogP contribution in [0.3, 0.4) is 0 Å². The zero-order valence-electron chi connectivity index (χ0n) is 17.9. The molecule has 0 saturated carbocycles. The van der Waals surface area contributed by atoms with Crippen molar-refractivity contribution < 1.29 is 23.9 Å². The number of hydrogen-bond acceptors (Lipinski definition) is 7. The quantitative estimate of drug-likeness (QED) is 0.424. The summed E-state index contributed by atoms with van der Waals surface area (Å²) in [4.78, 5) is 54.0. The minimum absolute atomic E-state index is 0.0548. The molecule has 1 fully saturated rings. The second kappa shape index (κ2) is 9.74. The molecule has 1 aromatic heterocycles. The third-order valence-corrected chi connectivity index (χ3v) is 5.89. The van der Waals surface area contributed by atoms with Crippen molar-refractivity contribution in [3.8, 4) is 0 Å². The molecule has 0 bridgehead atoms. The van der Waals surface area contributed by atoms with Gasteiger partial charge in [0.1, 0.15) is 11.6 Å². The fourth-order valence-corrected chi connectivity index (χ4v) is 4.11. The van der Waals surface area contributed by atoms with Crippen molar-refractivity contribution >= 4 is 46.4 Å².